The van der Waals surface area contributed by atoms with Gasteiger partial charge in [-0.25, -0.2) is 0 Å². The van der Waals surface area contributed by atoms with Gasteiger partial charge in [0.25, 0.3) is 0 Å². The number of ether oxygens (including phenoxy) is 1. The van der Waals surface area contributed by atoms with E-state index < -0.39 is 0 Å². The van der Waals surface area contributed by atoms with Crippen LogP contribution in [0.25, 0.3) is 0 Å². The zero-order valence-corrected chi connectivity index (χ0v) is 18.5. The molecular formula is C21H30ClN7O. The van der Waals surface area contributed by atoms with Crippen molar-refractivity contribution in [2.24, 2.45) is 4.99 Å². The molecule has 1 aromatic carbocycles. The summed E-state index contributed by atoms with van der Waals surface area (Å²) in [6, 6.07) is 6.02. The van der Waals surface area contributed by atoms with Gasteiger partial charge in [-0.05, 0) is 37.5 Å². The van der Waals surface area contributed by atoms with Gasteiger partial charge in [-0.1, -0.05) is 18.0 Å². The predicted molar refractivity (Wildman–Crippen MR) is 120 cm³/mol. The minimum Gasteiger partial charge on any atom is -0.495 e. The summed E-state index contributed by atoms with van der Waals surface area (Å²) >= 11 is 6.21. The second-order valence-electron chi connectivity index (χ2n) is 7.81. The molecule has 0 spiro atoms. The number of guanidine groups is 1. The maximum Gasteiger partial charge on any atom is 0.191 e. The van der Waals surface area contributed by atoms with Gasteiger partial charge in [0.1, 0.15) is 11.6 Å². The Labute approximate surface area is 182 Å². The van der Waals surface area contributed by atoms with Crippen LogP contribution in [0, 0.1) is 0 Å². The van der Waals surface area contributed by atoms with E-state index in [0.29, 0.717) is 11.6 Å². The number of nitrogens with one attached hydrogen (secondary N) is 2. The molecule has 1 atom stereocenters. The number of nitrogens with zero attached hydrogens (tertiary/aromatic N) is 5. The first kappa shape index (κ1) is 20.8. The molecule has 0 aliphatic carbocycles. The van der Waals surface area contributed by atoms with Crippen molar-refractivity contribution in [3.05, 3.63) is 34.9 Å². The number of fused-ring (bicyclic) bond motifs is 1. The molecule has 2 N–H and O–H groups in total. The highest BCUT2D eigenvalue weighted by molar-refractivity contribution is 6.30. The average Bonchev–Trinajstić information content (AvgIpc) is 3.31. The van der Waals surface area contributed by atoms with Crippen LogP contribution < -0.4 is 20.3 Å². The van der Waals surface area contributed by atoms with Crippen molar-refractivity contribution in [2.75, 3.05) is 32.1 Å². The number of rotatable bonds is 5. The Kier molecular flexibility index (Phi) is 6.62. The molecule has 162 valence electrons. The molecule has 4 rings (SSSR count). The lowest BCUT2D eigenvalue weighted by atomic mass is 10.2. The summed E-state index contributed by atoms with van der Waals surface area (Å²) in [5, 5.41) is 16.4. The van der Waals surface area contributed by atoms with Crippen molar-refractivity contribution in [1.29, 1.82) is 0 Å². The third kappa shape index (κ3) is 4.64. The second kappa shape index (κ2) is 9.55. The number of aliphatic imine (C=N–C) groups is 1. The number of anilines is 1. The van der Waals surface area contributed by atoms with Crippen LogP contribution in [0.5, 0.6) is 5.75 Å². The first-order chi connectivity index (χ1) is 14.7. The van der Waals surface area contributed by atoms with E-state index >= 15 is 0 Å². The van der Waals surface area contributed by atoms with E-state index in [1.807, 2.05) is 18.2 Å². The van der Waals surface area contributed by atoms with Crippen LogP contribution in [0.3, 0.4) is 0 Å². The summed E-state index contributed by atoms with van der Waals surface area (Å²) in [7, 11) is 3.49. The average molecular weight is 432 g/mol. The number of hydrogen-bond acceptors (Lipinski definition) is 5. The Balaban J connectivity index is 1.34. The van der Waals surface area contributed by atoms with Gasteiger partial charge in [0, 0.05) is 44.2 Å². The largest absolute Gasteiger partial charge is 0.495 e. The maximum absolute atomic E-state index is 6.21. The topological polar surface area (TPSA) is 79.6 Å². The van der Waals surface area contributed by atoms with E-state index in [1.54, 1.807) is 14.2 Å². The smallest absolute Gasteiger partial charge is 0.191 e. The lowest BCUT2D eigenvalue weighted by Crippen LogP contribution is -2.44. The normalized spacial score (nSPS) is 19.4. The molecule has 2 aliphatic heterocycles. The Bertz CT molecular complexity index is 897. The van der Waals surface area contributed by atoms with Crippen LogP contribution in [0.1, 0.15) is 37.3 Å². The third-order valence-corrected chi connectivity index (χ3v) is 6.07. The second-order valence-corrected chi connectivity index (χ2v) is 8.25. The zero-order chi connectivity index (χ0) is 20.9. The van der Waals surface area contributed by atoms with E-state index in [1.165, 1.54) is 19.3 Å². The molecule has 3 heterocycles. The molecule has 0 saturated carbocycles. The first-order valence-electron chi connectivity index (χ1n) is 10.6. The molecule has 1 fully saturated rings. The van der Waals surface area contributed by atoms with Crippen LogP contribution in [0.4, 0.5) is 5.69 Å². The van der Waals surface area contributed by atoms with E-state index in [4.69, 9.17) is 16.3 Å². The van der Waals surface area contributed by atoms with Gasteiger partial charge in [0.15, 0.2) is 11.8 Å². The van der Waals surface area contributed by atoms with Gasteiger partial charge in [0.05, 0.1) is 19.3 Å². The standard InChI is InChI=1S/C21H30ClN7O/c1-23-21(24-13-20-27-26-19-6-4-3-5-10-29(19)20)25-16-9-11-28(14-16)17-12-15(22)7-8-18(17)30-2/h7-8,12,16H,3-6,9-11,13-14H2,1-2H3,(H2,23,24,25). The number of benzene rings is 1. The van der Waals surface area contributed by atoms with Crippen molar-refractivity contribution < 1.29 is 4.74 Å². The van der Waals surface area contributed by atoms with Gasteiger partial charge in [-0.15, -0.1) is 10.2 Å². The Hall–Kier alpha value is -2.48. The summed E-state index contributed by atoms with van der Waals surface area (Å²) in [6.45, 7) is 3.41. The van der Waals surface area contributed by atoms with Gasteiger partial charge in [-0.3, -0.25) is 4.99 Å². The third-order valence-electron chi connectivity index (χ3n) is 5.83. The van der Waals surface area contributed by atoms with Gasteiger partial charge >= 0.3 is 0 Å². The molecular weight excluding hydrogens is 402 g/mol. The minimum absolute atomic E-state index is 0.287. The molecule has 2 aliphatic rings. The van der Waals surface area contributed by atoms with Gasteiger partial charge < -0.3 is 24.8 Å². The van der Waals surface area contributed by atoms with Crippen LogP contribution in [0.2, 0.25) is 5.02 Å². The number of halogens is 1. The first-order valence-corrected chi connectivity index (χ1v) is 11.0. The van der Waals surface area contributed by atoms with Crippen molar-refractivity contribution >= 4 is 23.2 Å². The highest BCUT2D eigenvalue weighted by Crippen LogP contribution is 2.33. The maximum atomic E-state index is 6.21. The summed E-state index contributed by atoms with van der Waals surface area (Å²) in [4.78, 5) is 6.70. The fourth-order valence-electron chi connectivity index (χ4n) is 4.23. The fourth-order valence-corrected chi connectivity index (χ4v) is 4.40. The van der Waals surface area contributed by atoms with E-state index in [2.05, 4.69) is 35.3 Å². The molecule has 30 heavy (non-hydrogen) atoms. The van der Waals surface area contributed by atoms with Crippen molar-refractivity contribution in [3.63, 3.8) is 0 Å². The SMILES string of the molecule is CN=C(NCc1nnc2n1CCCCC2)NC1CCN(c2cc(Cl)ccc2OC)C1. The molecule has 1 saturated heterocycles. The number of aryl methyl sites for hydroxylation is 1. The van der Waals surface area contributed by atoms with Crippen molar-refractivity contribution in [3.8, 4) is 5.75 Å². The minimum atomic E-state index is 0.287. The lowest BCUT2D eigenvalue weighted by Gasteiger charge is -2.22. The Morgan fingerprint density at radius 2 is 2.17 bits per heavy atom. The fraction of sp³-hybridized carbons (Fsp3) is 0.571. The van der Waals surface area contributed by atoms with Gasteiger partial charge in [-0.2, -0.15) is 0 Å². The van der Waals surface area contributed by atoms with Crippen molar-refractivity contribution in [2.45, 2.75) is 51.2 Å². The number of methoxy groups -OCH3 is 1. The summed E-state index contributed by atoms with van der Waals surface area (Å²) in [5.74, 6) is 3.71. The van der Waals surface area contributed by atoms with Crippen LogP contribution in [-0.4, -0.2) is 54.0 Å². The Morgan fingerprint density at radius 3 is 3.00 bits per heavy atom. The molecule has 0 amide bonds. The number of hydrogen-bond donors (Lipinski definition) is 2. The summed E-state index contributed by atoms with van der Waals surface area (Å²) in [5.41, 5.74) is 1.03. The highest BCUT2D eigenvalue weighted by Gasteiger charge is 2.26. The Morgan fingerprint density at radius 1 is 1.27 bits per heavy atom. The molecule has 0 bridgehead atoms. The quantitative estimate of drug-likeness (QED) is 0.559. The van der Waals surface area contributed by atoms with E-state index in [0.717, 1.165) is 61.5 Å². The summed E-state index contributed by atoms with van der Waals surface area (Å²) in [6.07, 6.45) is 5.68. The van der Waals surface area contributed by atoms with Crippen molar-refractivity contribution in [1.82, 2.24) is 25.4 Å². The lowest BCUT2D eigenvalue weighted by molar-refractivity contribution is 0.415. The van der Waals surface area contributed by atoms with Crippen LogP contribution in [0.15, 0.2) is 23.2 Å². The molecule has 1 unspecified atom stereocenters. The molecule has 8 nitrogen and oxygen atoms in total. The monoisotopic (exact) mass is 431 g/mol. The number of aromatic nitrogens is 3. The highest BCUT2D eigenvalue weighted by atomic mass is 35.5. The van der Waals surface area contributed by atoms with Crippen LogP contribution in [-0.2, 0) is 19.5 Å². The van der Waals surface area contributed by atoms with Gasteiger partial charge in [0.2, 0.25) is 0 Å². The predicted octanol–water partition coefficient (Wildman–Crippen LogP) is 2.61. The molecule has 0 radical (unpaired) electrons. The zero-order valence-electron chi connectivity index (χ0n) is 17.7. The molecule has 1 aromatic heterocycles. The van der Waals surface area contributed by atoms with Crippen LogP contribution >= 0.6 is 11.6 Å². The molecule has 2 aromatic rings. The van der Waals surface area contributed by atoms with E-state index in [9.17, 15) is 0 Å². The van der Waals surface area contributed by atoms with E-state index in [-0.39, 0.29) is 6.04 Å². The molecule has 9 heteroatoms. The summed E-state index contributed by atoms with van der Waals surface area (Å²) < 4.78 is 7.77.